The van der Waals surface area contributed by atoms with E-state index in [1.165, 1.54) is 7.11 Å². The molecule has 2 N–H and O–H groups in total. The highest BCUT2D eigenvalue weighted by atomic mass is 35.5. The second kappa shape index (κ2) is 4.23. The van der Waals surface area contributed by atoms with Crippen LogP contribution in [0.1, 0.15) is 5.82 Å². The maximum absolute atomic E-state index is 5.75. The Kier molecular flexibility index (Phi) is 3.25. The first kappa shape index (κ1) is 9.22. The summed E-state index contributed by atoms with van der Waals surface area (Å²) in [5.74, 6) is 1.13. The van der Waals surface area contributed by atoms with Crippen LogP contribution in [-0.2, 0) is 6.42 Å². The molecule has 1 heterocycles. The number of halogens is 1. The van der Waals surface area contributed by atoms with Crippen molar-refractivity contribution in [3.05, 3.63) is 17.2 Å². The van der Waals surface area contributed by atoms with Crippen LogP contribution in [0.25, 0.3) is 0 Å². The quantitative estimate of drug-likeness (QED) is 0.706. The van der Waals surface area contributed by atoms with Crippen molar-refractivity contribution in [2.24, 2.45) is 5.73 Å². The van der Waals surface area contributed by atoms with E-state index in [1.54, 1.807) is 6.20 Å². The van der Waals surface area contributed by atoms with Crippen LogP contribution in [0.15, 0.2) is 6.20 Å². The van der Waals surface area contributed by atoms with Gasteiger partial charge in [0.2, 0.25) is 0 Å². The zero-order chi connectivity index (χ0) is 8.97. The standard InChI is InChI=1S/C7H10ClN3O/c1-12-5-4-10-6(2-3-9)11-7(5)8/h4H,2-3,9H2,1H3. The van der Waals surface area contributed by atoms with Gasteiger partial charge in [0.1, 0.15) is 5.82 Å². The van der Waals surface area contributed by atoms with Gasteiger partial charge in [0.15, 0.2) is 10.9 Å². The number of nitrogens with zero attached hydrogens (tertiary/aromatic N) is 2. The van der Waals surface area contributed by atoms with Crippen molar-refractivity contribution in [2.75, 3.05) is 13.7 Å². The summed E-state index contributed by atoms with van der Waals surface area (Å²) in [6.07, 6.45) is 2.17. The van der Waals surface area contributed by atoms with Crippen LogP contribution < -0.4 is 10.5 Å². The summed E-state index contributed by atoms with van der Waals surface area (Å²) >= 11 is 5.75. The smallest absolute Gasteiger partial charge is 0.174 e. The molecule has 0 bridgehead atoms. The number of rotatable bonds is 3. The molecule has 0 atom stereocenters. The Labute approximate surface area is 75.7 Å². The molecule has 66 valence electrons. The molecule has 0 spiro atoms. The molecule has 0 aliphatic heterocycles. The zero-order valence-electron chi connectivity index (χ0n) is 6.75. The number of hydrogen-bond acceptors (Lipinski definition) is 4. The summed E-state index contributed by atoms with van der Waals surface area (Å²) in [7, 11) is 1.52. The Morgan fingerprint density at radius 3 is 2.92 bits per heavy atom. The zero-order valence-corrected chi connectivity index (χ0v) is 7.51. The van der Waals surface area contributed by atoms with Crippen molar-refractivity contribution in [3.8, 4) is 5.75 Å². The molecule has 1 rings (SSSR count). The van der Waals surface area contributed by atoms with Crippen LogP contribution in [-0.4, -0.2) is 23.6 Å². The highest BCUT2D eigenvalue weighted by Gasteiger charge is 2.03. The molecular formula is C7H10ClN3O. The number of aromatic nitrogens is 2. The first-order valence-electron chi connectivity index (χ1n) is 3.53. The summed E-state index contributed by atoms with van der Waals surface area (Å²) in [5.41, 5.74) is 5.33. The molecular weight excluding hydrogens is 178 g/mol. The van der Waals surface area contributed by atoms with Crippen molar-refractivity contribution in [3.63, 3.8) is 0 Å². The van der Waals surface area contributed by atoms with Gasteiger partial charge < -0.3 is 10.5 Å². The molecule has 1 aromatic rings. The van der Waals surface area contributed by atoms with Gasteiger partial charge in [-0.3, -0.25) is 0 Å². The minimum atomic E-state index is 0.330. The maximum Gasteiger partial charge on any atom is 0.174 e. The van der Waals surface area contributed by atoms with Gasteiger partial charge >= 0.3 is 0 Å². The van der Waals surface area contributed by atoms with E-state index in [9.17, 15) is 0 Å². The van der Waals surface area contributed by atoms with E-state index in [0.29, 0.717) is 29.7 Å². The van der Waals surface area contributed by atoms with Crippen LogP contribution >= 0.6 is 11.6 Å². The van der Waals surface area contributed by atoms with Crippen molar-refractivity contribution in [1.29, 1.82) is 0 Å². The molecule has 1 aromatic heterocycles. The Morgan fingerprint density at radius 1 is 1.67 bits per heavy atom. The van der Waals surface area contributed by atoms with Gasteiger partial charge in [-0.15, -0.1) is 0 Å². The van der Waals surface area contributed by atoms with Gasteiger partial charge in [-0.25, -0.2) is 9.97 Å². The van der Waals surface area contributed by atoms with E-state index < -0.39 is 0 Å². The minimum Gasteiger partial charge on any atom is -0.492 e. The minimum absolute atomic E-state index is 0.330. The SMILES string of the molecule is COc1cnc(CCN)nc1Cl. The Bertz CT molecular complexity index is 267. The third kappa shape index (κ3) is 2.06. The molecule has 4 nitrogen and oxygen atoms in total. The van der Waals surface area contributed by atoms with E-state index in [0.717, 1.165) is 0 Å². The van der Waals surface area contributed by atoms with Crippen molar-refractivity contribution in [2.45, 2.75) is 6.42 Å². The van der Waals surface area contributed by atoms with Crippen LogP contribution in [0, 0.1) is 0 Å². The van der Waals surface area contributed by atoms with Gasteiger partial charge in [-0.2, -0.15) is 0 Å². The fourth-order valence-corrected chi connectivity index (χ4v) is 0.994. The van der Waals surface area contributed by atoms with Crippen LogP contribution in [0.4, 0.5) is 0 Å². The van der Waals surface area contributed by atoms with Gasteiger partial charge in [0.05, 0.1) is 13.3 Å². The molecule has 0 aliphatic carbocycles. The summed E-state index contributed by atoms with van der Waals surface area (Å²) in [6, 6.07) is 0. The normalized spacial score (nSPS) is 9.92. The number of methoxy groups -OCH3 is 1. The summed E-state index contributed by atoms with van der Waals surface area (Å²) in [6.45, 7) is 0.517. The molecule has 0 saturated carbocycles. The number of nitrogens with two attached hydrogens (primary N) is 1. The van der Waals surface area contributed by atoms with Gasteiger partial charge in [0.25, 0.3) is 0 Å². The average Bonchev–Trinajstić information content (AvgIpc) is 2.05. The predicted molar refractivity (Wildman–Crippen MR) is 46.4 cm³/mol. The summed E-state index contributed by atoms with van der Waals surface area (Å²) in [4.78, 5) is 7.98. The highest BCUT2D eigenvalue weighted by molar-refractivity contribution is 6.30. The first-order valence-corrected chi connectivity index (χ1v) is 3.91. The summed E-state index contributed by atoms with van der Waals surface area (Å²) in [5, 5.41) is 0.330. The Balaban J connectivity index is 2.86. The molecule has 0 saturated heterocycles. The molecule has 5 heteroatoms. The third-order valence-corrected chi connectivity index (χ3v) is 1.62. The van der Waals surface area contributed by atoms with Crippen molar-refractivity contribution < 1.29 is 4.74 Å². The lowest BCUT2D eigenvalue weighted by Gasteiger charge is -2.02. The second-order valence-corrected chi connectivity index (χ2v) is 2.54. The largest absolute Gasteiger partial charge is 0.492 e. The number of ether oxygens (including phenoxy) is 1. The fraction of sp³-hybridized carbons (Fsp3) is 0.429. The fourth-order valence-electron chi connectivity index (χ4n) is 0.770. The average molecular weight is 188 g/mol. The van der Waals surface area contributed by atoms with Crippen LogP contribution in [0.5, 0.6) is 5.75 Å². The highest BCUT2D eigenvalue weighted by Crippen LogP contribution is 2.19. The van der Waals surface area contributed by atoms with Gasteiger partial charge in [-0.05, 0) is 6.54 Å². The van der Waals surface area contributed by atoms with Crippen molar-refractivity contribution >= 4 is 11.6 Å². The molecule has 12 heavy (non-hydrogen) atoms. The monoisotopic (exact) mass is 187 g/mol. The van der Waals surface area contributed by atoms with E-state index in [-0.39, 0.29) is 0 Å². The molecule has 0 aromatic carbocycles. The molecule has 0 amide bonds. The Morgan fingerprint density at radius 2 is 2.42 bits per heavy atom. The second-order valence-electron chi connectivity index (χ2n) is 2.18. The number of hydrogen-bond donors (Lipinski definition) is 1. The van der Waals surface area contributed by atoms with Crippen LogP contribution in [0.2, 0.25) is 5.15 Å². The van der Waals surface area contributed by atoms with Crippen LogP contribution in [0.3, 0.4) is 0 Å². The summed E-state index contributed by atoms with van der Waals surface area (Å²) < 4.78 is 4.89. The topological polar surface area (TPSA) is 61.0 Å². The molecule has 0 unspecified atom stereocenters. The predicted octanol–water partition coefficient (Wildman–Crippen LogP) is 0.640. The first-order chi connectivity index (χ1) is 5.77. The van der Waals surface area contributed by atoms with E-state index in [1.807, 2.05) is 0 Å². The van der Waals surface area contributed by atoms with Gasteiger partial charge in [0, 0.05) is 6.42 Å². The van der Waals surface area contributed by atoms with Gasteiger partial charge in [-0.1, -0.05) is 11.6 Å². The van der Waals surface area contributed by atoms with E-state index in [2.05, 4.69) is 9.97 Å². The lowest BCUT2D eigenvalue weighted by Crippen LogP contribution is -2.06. The molecule has 0 radical (unpaired) electrons. The maximum atomic E-state index is 5.75. The third-order valence-electron chi connectivity index (χ3n) is 1.35. The molecule has 0 fully saturated rings. The molecule has 0 aliphatic rings. The van der Waals surface area contributed by atoms with E-state index in [4.69, 9.17) is 22.1 Å². The van der Waals surface area contributed by atoms with Crippen molar-refractivity contribution in [1.82, 2.24) is 9.97 Å². The lowest BCUT2D eigenvalue weighted by molar-refractivity contribution is 0.410. The Hall–Kier alpha value is -0.870. The lowest BCUT2D eigenvalue weighted by atomic mass is 10.4. The van der Waals surface area contributed by atoms with E-state index >= 15 is 0 Å².